The zero-order valence-corrected chi connectivity index (χ0v) is 10.2. The quantitative estimate of drug-likeness (QED) is 0.882. The lowest BCUT2D eigenvalue weighted by atomic mass is 10.2. The van der Waals surface area contributed by atoms with Crippen molar-refractivity contribution in [1.82, 2.24) is 15.3 Å². The maximum absolute atomic E-state index is 4.34. The molecule has 0 aliphatic rings. The van der Waals surface area contributed by atoms with Gasteiger partial charge in [-0.05, 0) is 26.0 Å². The number of nitrogens with one attached hydrogen (secondary N) is 1. The van der Waals surface area contributed by atoms with Gasteiger partial charge in [0, 0.05) is 29.4 Å². The number of thiazole rings is 1. The van der Waals surface area contributed by atoms with Gasteiger partial charge in [0.2, 0.25) is 0 Å². The smallest absolute Gasteiger partial charge is 0.0794 e. The van der Waals surface area contributed by atoms with Crippen LogP contribution < -0.4 is 5.32 Å². The molecule has 0 amide bonds. The zero-order chi connectivity index (χ0) is 11.4. The summed E-state index contributed by atoms with van der Waals surface area (Å²) in [6.45, 7) is 4.27. The number of pyridine rings is 1. The predicted molar refractivity (Wildman–Crippen MR) is 66.3 cm³/mol. The van der Waals surface area contributed by atoms with Gasteiger partial charge in [0.15, 0.2) is 0 Å². The molecule has 16 heavy (non-hydrogen) atoms. The van der Waals surface area contributed by atoms with Crippen molar-refractivity contribution in [3.8, 4) is 0 Å². The Morgan fingerprint density at radius 3 is 2.75 bits per heavy atom. The Balaban J connectivity index is 2.00. The second-order valence-electron chi connectivity index (χ2n) is 3.77. The second-order valence-corrected chi connectivity index (χ2v) is 4.69. The molecular weight excluding hydrogens is 218 g/mol. The molecule has 2 unspecified atom stereocenters. The molecule has 2 rings (SSSR count). The fourth-order valence-electron chi connectivity index (χ4n) is 1.61. The number of rotatable bonds is 4. The molecule has 0 aromatic carbocycles. The van der Waals surface area contributed by atoms with Crippen LogP contribution in [0.4, 0.5) is 0 Å². The molecule has 2 heterocycles. The Labute approximate surface area is 99.6 Å². The lowest BCUT2D eigenvalue weighted by Crippen LogP contribution is -2.22. The highest BCUT2D eigenvalue weighted by molar-refractivity contribution is 7.09. The first-order valence-corrected chi connectivity index (χ1v) is 6.20. The van der Waals surface area contributed by atoms with Crippen LogP contribution in [0, 0.1) is 0 Å². The summed E-state index contributed by atoms with van der Waals surface area (Å²) in [6, 6.07) is 6.54. The van der Waals surface area contributed by atoms with Gasteiger partial charge in [-0.2, -0.15) is 0 Å². The van der Waals surface area contributed by atoms with E-state index in [0.29, 0.717) is 6.04 Å². The molecule has 4 heteroatoms. The monoisotopic (exact) mass is 233 g/mol. The van der Waals surface area contributed by atoms with Crippen molar-refractivity contribution in [1.29, 1.82) is 0 Å². The first-order chi connectivity index (χ1) is 7.77. The van der Waals surface area contributed by atoms with Gasteiger partial charge in [-0.1, -0.05) is 6.07 Å². The Morgan fingerprint density at radius 1 is 1.25 bits per heavy atom. The number of nitrogens with zero attached hydrogens (tertiary/aromatic N) is 2. The van der Waals surface area contributed by atoms with E-state index in [0.717, 1.165) is 5.69 Å². The molecule has 0 saturated carbocycles. The Hall–Kier alpha value is -1.26. The molecule has 0 fully saturated rings. The van der Waals surface area contributed by atoms with Gasteiger partial charge in [-0.15, -0.1) is 11.3 Å². The normalized spacial score (nSPS) is 14.6. The van der Waals surface area contributed by atoms with Gasteiger partial charge in [0.1, 0.15) is 0 Å². The summed E-state index contributed by atoms with van der Waals surface area (Å²) >= 11 is 1.67. The minimum Gasteiger partial charge on any atom is -0.301 e. The van der Waals surface area contributed by atoms with Crippen molar-refractivity contribution in [2.24, 2.45) is 0 Å². The number of hydrogen-bond donors (Lipinski definition) is 1. The van der Waals surface area contributed by atoms with Gasteiger partial charge in [-0.3, -0.25) is 9.97 Å². The summed E-state index contributed by atoms with van der Waals surface area (Å²) in [7, 11) is 0. The highest BCUT2D eigenvalue weighted by Crippen LogP contribution is 2.20. The third-order valence-corrected chi connectivity index (χ3v) is 3.47. The van der Waals surface area contributed by atoms with Crippen molar-refractivity contribution < 1.29 is 0 Å². The number of aromatic nitrogens is 2. The fraction of sp³-hybridized carbons (Fsp3) is 0.333. The Morgan fingerprint density at radius 2 is 2.12 bits per heavy atom. The Kier molecular flexibility index (Phi) is 3.64. The molecule has 1 N–H and O–H groups in total. The van der Waals surface area contributed by atoms with E-state index in [1.54, 1.807) is 11.3 Å². The minimum atomic E-state index is 0.248. The maximum atomic E-state index is 4.34. The molecule has 84 valence electrons. The van der Waals surface area contributed by atoms with Gasteiger partial charge in [-0.25, -0.2) is 0 Å². The molecule has 0 bridgehead atoms. The Bertz CT molecular complexity index is 413. The van der Waals surface area contributed by atoms with Crippen molar-refractivity contribution >= 4 is 11.3 Å². The zero-order valence-electron chi connectivity index (χ0n) is 9.42. The van der Waals surface area contributed by atoms with Crippen LogP contribution in [-0.2, 0) is 0 Å². The van der Waals surface area contributed by atoms with E-state index in [-0.39, 0.29) is 6.04 Å². The molecule has 0 radical (unpaired) electrons. The first kappa shape index (κ1) is 11.2. The molecule has 0 aliphatic carbocycles. The van der Waals surface area contributed by atoms with Crippen LogP contribution in [0.2, 0.25) is 0 Å². The van der Waals surface area contributed by atoms with E-state index in [1.807, 2.05) is 36.1 Å². The minimum absolute atomic E-state index is 0.248. The van der Waals surface area contributed by atoms with Gasteiger partial charge >= 0.3 is 0 Å². The van der Waals surface area contributed by atoms with Crippen molar-refractivity contribution in [3.63, 3.8) is 0 Å². The molecule has 2 aromatic rings. The summed E-state index contributed by atoms with van der Waals surface area (Å²) in [4.78, 5) is 9.68. The van der Waals surface area contributed by atoms with Crippen LogP contribution in [0.5, 0.6) is 0 Å². The highest BCUT2D eigenvalue weighted by atomic mass is 32.1. The van der Waals surface area contributed by atoms with E-state index in [4.69, 9.17) is 0 Å². The lowest BCUT2D eigenvalue weighted by molar-refractivity contribution is 0.491. The van der Waals surface area contributed by atoms with Crippen LogP contribution >= 0.6 is 11.3 Å². The highest BCUT2D eigenvalue weighted by Gasteiger charge is 2.12. The van der Waals surface area contributed by atoms with Crippen LogP contribution in [0.15, 0.2) is 36.1 Å². The average molecular weight is 233 g/mol. The van der Waals surface area contributed by atoms with Crippen molar-refractivity contribution in [3.05, 3.63) is 46.7 Å². The molecule has 2 aromatic heterocycles. The lowest BCUT2D eigenvalue weighted by Gasteiger charge is -2.18. The van der Waals surface area contributed by atoms with E-state index < -0.39 is 0 Å². The van der Waals surface area contributed by atoms with Crippen LogP contribution in [0.3, 0.4) is 0 Å². The number of hydrogen-bond acceptors (Lipinski definition) is 4. The standard InChI is InChI=1S/C12H15N3S/c1-9(11-5-3-4-6-14-11)15-10(2)12-7-13-8-16-12/h3-10,15H,1-2H3. The SMILES string of the molecule is CC(NC(C)c1cncs1)c1ccccn1. The van der Waals surface area contributed by atoms with Crippen LogP contribution in [-0.4, -0.2) is 9.97 Å². The second kappa shape index (κ2) is 5.18. The summed E-state index contributed by atoms with van der Waals surface area (Å²) < 4.78 is 0. The van der Waals surface area contributed by atoms with Gasteiger partial charge in [0.05, 0.1) is 11.2 Å². The maximum Gasteiger partial charge on any atom is 0.0794 e. The van der Waals surface area contributed by atoms with Crippen molar-refractivity contribution in [2.75, 3.05) is 0 Å². The van der Waals surface area contributed by atoms with Crippen molar-refractivity contribution in [2.45, 2.75) is 25.9 Å². The van der Waals surface area contributed by atoms with Crippen LogP contribution in [0.25, 0.3) is 0 Å². The summed E-state index contributed by atoms with van der Waals surface area (Å²) in [5.41, 5.74) is 2.93. The van der Waals surface area contributed by atoms with Gasteiger partial charge in [0.25, 0.3) is 0 Å². The van der Waals surface area contributed by atoms with Gasteiger partial charge < -0.3 is 5.32 Å². The van der Waals surface area contributed by atoms with E-state index in [2.05, 4.69) is 29.1 Å². The molecule has 2 atom stereocenters. The predicted octanol–water partition coefficient (Wildman–Crippen LogP) is 2.95. The summed E-state index contributed by atoms with van der Waals surface area (Å²) in [5, 5.41) is 3.51. The molecular formula is C12H15N3S. The fourth-order valence-corrected chi connectivity index (χ4v) is 2.25. The van der Waals surface area contributed by atoms with E-state index in [9.17, 15) is 0 Å². The van der Waals surface area contributed by atoms with Crippen LogP contribution in [0.1, 0.15) is 36.5 Å². The molecule has 0 spiro atoms. The largest absolute Gasteiger partial charge is 0.301 e. The third-order valence-electron chi connectivity index (χ3n) is 2.51. The summed E-state index contributed by atoms with van der Waals surface area (Å²) in [6.07, 6.45) is 3.73. The van der Waals surface area contributed by atoms with E-state index in [1.165, 1.54) is 4.88 Å². The summed E-state index contributed by atoms with van der Waals surface area (Å²) in [5.74, 6) is 0. The topological polar surface area (TPSA) is 37.8 Å². The molecule has 0 aliphatic heterocycles. The van der Waals surface area contributed by atoms with E-state index >= 15 is 0 Å². The molecule has 0 saturated heterocycles. The third kappa shape index (κ3) is 2.65. The first-order valence-electron chi connectivity index (χ1n) is 5.32. The average Bonchev–Trinajstić information content (AvgIpc) is 2.83. The molecule has 3 nitrogen and oxygen atoms in total.